The van der Waals surface area contributed by atoms with Gasteiger partial charge in [-0.3, -0.25) is 0 Å². The first-order chi connectivity index (χ1) is 7.18. The first-order valence-electron chi connectivity index (χ1n) is 5.92. The molecule has 0 amide bonds. The lowest BCUT2D eigenvalue weighted by atomic mass is 10.2. The largest absolute Gasteiger partial charge is 0.123 e. The van der Waals surface area contributed by atoms with Crippen molar-refractivity contribution in [3.05, 3.63) is 29.8 Å². The summed E-state index contributed by atoms with van der Waals surface area (Å²) in [7, 11) is 0. The molecule has 1 aromatic rings. The van der Waals surface area contributed by atoms with Crippen LogP contribution in [0.2, 0.25) is 0 Å². The van der Waals surface area contributed by atoms with Crippen LogP contribution >= 0.6 is 11.8 Å². The molecule has 0 spiro atoms. The highest BCUT2D eigenvalue weighted by Gasteiger charge is 1.95. The fraction of sp³-hybridized carbons (Fsp3) is 0.571. The zero-order chi connectivity index (χ0) is 12.3. The second-order valence-corrected chi connectivity index (χ2v) is 4.63. The van der Waals surface area contributed by atoms with Gasteiger partial charge in [0.1, 0.15) is 0 Å². The van der Waals surface area contributed by atoms with Gasteiger partial charge in [-0.2, -0.15) is 0 Å². The summed E-state index contributed by atoms with van der Waals surface area (Å²) in [6.07, 6.45) is 0. The van der Waals surface area contributed by atoms with Crippen LogP contribution in [-0.2, 0) is 0 Å². The highest BCUT2D eigenvalue weighted by Crippen LogP contribution is 2.22. The van der Waals surface area contributed by atoms with E-state index in [2.05, 4.69) is 45.0 Å². The summed E-state index contributed by atoms with van der Waals surface area (Å²) < 4.78 is 0. The topological polar surface area (TPSA) is 0 Å². The third kappa shape index (κ3) is 9.86. The van der Waals surface area contributed by atoms with Crippen LogP contribution < -0.4 is 0 Å². The van der Waals surface area contributed by atoms with Crippen molar-refractivity contribution in [1.82, 2.24) is 0 Å². The molecule has 1 rings (SSSR count). The van der Waals surface area contributed by atoms with E-state index in [-0.39, 0.29) is 0 Å². The number of benzene rings is 1. The van der Waals surface area contributed by atoms with E-state index in [4.69, 9.17) is 0 Å². The molecule has 0 saturated carbocycles. The number of rotatable bonds is 2. The van der Waals surface area contributed by atoms with Gasteiger partial charge < -0.3 is 0 Å². The first-order valence-corrected chi connectivity index (χ1v) is 6.80. The first kappa shape index (κ1) is 17.0. The second kappa shape index (κ2) is 11.6. The van der Waals surface area contributed by atoms with Crippen LogP contribution in [0.15, 0.2) is 29.2 Å². The maximum absolute atomic E-state index is 2.21. The van der Waals surface area contributed by atoms with E-state index >= 15 is 0 Å². The highest BCUT2D eigenvalue weighted by atomic mass is 32.2. The number of thioether (sulfide) groups is 1. The Morgan fingerprint density at radius 1 is 0.867 bits per heavy atom. The minimum absolute atomic E-state index is 0.678. The van der Waals surface area contributed by atoms with Crippen molar-refractivity contribution in [3.63, 3.8) is 0 Å². The summed E-state index contributed by atoms with van der Waals surface area (Å²) in [6.45, 7) is 14.5. The predicted molar refractivity (Wildman–Crippen MR) is 74.9 cm³/mol. The normalized spacial score (nSPS) is 8.53. The lowest BCUT2D eigenvalue weighted by Crippen LogP contribution is -1.85. The van der Waals surface area contributed by atoms with E-state index in [1.54, 1.807) is 0 Å². The van der Waals surface area contributed by atoms with Crippen LogP contribution in [0, 0.1) is 6.92 Å². The van der Waals surface area contributed by atoms with Gasteiger partial charge in [-0.05, 0) is 19.1 Å². The fourth-order valence-electron chi connectivity index (χ4n) is 0.889. The van der Waals surface area contributed by atoms with Gasteiger partial charge in [-0.15, -0.1) is 11.8 Å². The quantitative estimate of drug-likeness (QED) is 0.596. The van der Waals surface area contributed by atoms with Gasteiger partial charge in [0, 0.05) is 10.1 Å². The predicted octanol–water partition coefficient (Wildman–Crippen LogP) is 5.55. The van der Waals surface area contributed by atoms with E-state index in [0.717, 1.165) is 0 Å². The molecule has 1 aromatic carbocycles. The van der Waals surface area contributed by atoms with Crippen molar-refractivity contribution in [1.29, 1.82) is 0 Å². The van der Waals surface area contributed by atoms with Crippen molar-refractivity contribution in [2.45, 2.75) is 58.6 Å². The van der Waals surface area contributed by atoms with Gasteiger partial charge in [0.25, 0.3) is 0 Å². The molecule has 88 valence electrons. The van der Waals surface area contributed by atoms with Crippen molar-refractivity contribution < 1.29 is 0 Å². The van der Waals surface area contributed by atoms with Crippen LogP contribution in [0.25, 0.3) is 0 Å². The average molecular weight is 226 g/mol. The Labute approximate surface area is 100 Å². The van der Waals surface area contributed by atoms with Crippen molar-refractivity contribution in [2.75, 3.05) is 0 Å². The molecule has 0 unspecified atom stereocenters. The standard InChI is InChI=1S/C10H14S.2C2H6/c1-8(2)11-10-6-4-9(3)5-7-10;2*1-2/h4-8H,1-3H3;2*1-2H3. The minimum Gasteiger partial charge on any atom is -0.123 e. The molecule has 0 aliphatic heterocycles. The fourth-order valence-corrected chi connectivity index (χ4v) is 1.73. The summed E-state index contributed by atoms with van der Waals surface area (Å²) in [4.78, 5) is 1.37. The molecule has 0 N–H and O–H groups in total. The molecule has 0 aromatic heterocycles. The van der Waals surface area contributed by atoms with E-state index in [1.165, 1.54) is 10.5 Å². The lowest BCUT2D eigenvalue weighted by Gasteiger charge is -2.03. The Bertz CT molecular complexity index is 211. The van der Waals surface area contributed by atoms with E-state index < -0.39 is 0 Å². The number of hydrogen-bond donors (Lipinski definition) is 0. The number of hydrogen-bond acceptors (Lipinski definition) is 1. The van der Waals surface area contributed by atoms with Gasteiger partial charge >= 0.3 is 0 Å². The molecule has 0 aliphatic rings. The van der Waals surface area contributed by atoms with Crippen molar-refractivity contribution >= 4 is 11.8 Å². The van der Waals surface area contributed by atoms with Gasteiger partial charge in [-0.1, -0.05) is 59.2 Å². The smallest absolute Gasteiger partial charge is 0.00747 e. The summed E-state index contributed by atoms with van der Waals surface area (Å²) in [5.41, 5.74) is 1.33. The Morgan fingerprint density at radius 3 is 1.60 bits per heavy atom. The molecule has 0 saturated heterocycles. The molecular weight excluding hydrogens is 200 g/mol. The molecule has 15 heavy (non-hydrogen) atoms. The highest BCUT2D eigenvalue weighted by molar-refractivity contribution is 7.99. The van der Waals surface area contributed by atoms with Gasteiger partial charge in [-0.25, -0.2) is 0 Å². The Kier molecular flexibility index (Phi) is 13.2. The number of aryl methyl sites for hydroxylation is 1. The zero-order valence-electron chi connectivity index (χ0n) is 11.3. The monoisotopic (exact) mass is 226 g/mol. The lowest BCUT2D eigenvalue weighted by molar-refractivity contribution is 1.11. The van der Waals surface area contributed by atoms with E-state index in [0.29, 0.717) is 5.25 Å². The van der Waals surface area contributed by atoms with E-state index in [1.807, 2.05) is 39.5 Å². The minimum atomic E-state index is 0.678. The molecule has 0 radical (unpaired) electrons. The molecule has 0 nitrogen and oxygen atoms in total. The van der Waals surface area contributed by atoms with Crippen LogP contribution in [0.5, 0.6) is 0 Å². The zero-order valence-corrected chi connectivity index (χ0v) is 12.1. The van der Waals surface area contributed by atoms with Crippen molar-refractivity contribution in [2.24, 2.45) is 0 Å². The van der Waals surface area contributed by atoms with Crippen LogP contribution in [0.4, 0.5) is 0 Å². The maximum atomic E-state index is 2.21. The molecule has 0 bridgehead atoms. The van der Waals surface area contributed by atoms with Crippen molar-refractivity contribution in [3.8, 4) is 0 Å². The summed E-state index contributed by atoms with van der Waals surface area (Å²) in [5, 5.41) is 0.678. The SMILES string of the molecule is CC.CC.Cc1ccc(SC(C)C)cc1. The summed E-state index contributed by atoms with van der Waals surface area (Å²) >= 11 is 1.91. The van der Waals surface area contributed by atoms with E-state index in [9.17, 15) is 0 Å². The van der Waals surface area contributed by atoms with Crippen LogP contribution in [-0.4, -0.2) is 5.25 Å². The molecule has 1 heteroatoms. The second-order valence-electron chi connectivity index (χ2n) is 2.98. The summed E-state index contributed by atoms with van der Waals surface area (Å²) in [6, 6.07) is 8.68. The van der Waals surface area contributed by atoms with Crippen LogP contribution in [0.1, 0.15) is 47.1 Å². The molecular formula is C14H26S. The Morgan fingerprint density at radius 2 is 1.27 bits per heavy atom. The third-order valence-electron chi connectivity index (χ3n) is 1.39. The van der Waals surface area contributed by atoms with Gasteiger partial charge in [0.05, 0.1) is 0 Å². The average Bonchev–Trinajstić information content (AvgIpc) is 2.27. The third-order valence-corrected chi connectivity index (χ3v) is 2.41. The Hall–Kier alpha value is -0.430. The molecule has 0 atom stereocenters. The Balaban J connectivity index is 0. The van der Waals surface area contributed by atoms with Crippen LogP contribution in [0.3, 0.4) is 0 Å². The molecule has 0 heterocycles. The summed E-state index contributed by atoms with van der Waals surface area (Å²) in [5.74, 6) is 0. The molecule has 0 fully saturated rings. The van der Waals surface area contributed by atoms with Gasteiger partial charge in [0.15, 0.2) is 0 Å². The van der Waals surface area contributed by atoms with Gasteiger partial charge in [0.2, 0.25) is 0 Å². The molecule has 0 aliphatic carbocycles. The maximum Gasteiger partial charge on any atom is 0.00747 e.